The summed E-state index contributed by atoms with van der Waals surface area (Å²) >= 11 is 1.66. The van der Waals surface area contributed by atoms with Gasteiger partial charge in [-0.2, -0.15) is 16.9 Å². The molecule has 0 fully saturated rings. The Labute approximate surface area is 124 Å². The first-order chi connectivity index (χ1) is 9.61. The topological polar surface area (TPSA) is 50.1 Å². The molecule has 20 heavy (non-hydrogen) atoms. The summed E-state index contributed by atoms with van der Waals surface area (Å²) in [6.07, 6.45) is 5.69. The van der Waals surface area contributed by atoms with Gasteiger partial charge in [0.1, 0.15) is 0 Å². The van der Waals surface area contributed by atoms with Gasteiger partial charge >= 0.3 is 0 Å². The van der Waals surface area contributed by atoms with E-state index in [4.69, 9.17) is 0 Å². The van der Waals surface area contributed by atoms with E-state index < -0.39 is 5.60 Å². The summed E-state index contributed by atoms with van der Waals surface area (Å²) in [5, 5.41) is 17.6. The minimum Gasteiger partial charge on any atom is -0.388 e. The fourth-order valence-electron chi connectivity index (χ4n) is 2.03. The second-order valence-corrected chi connectivity index (χ2v) is 6.02. The maximum Gasteiger partial charge on any atom is 0.0833 e. The van der Waals surface area contributed by atoms with E-state index >= 15 is 0 Å². The van der Waals surface area contributed by atoms with Gasteiger partial charge in [-0.3, -0.25) is 0 Å². The molecule has 5 heteroatoms. The van der Waals surface area contributed by atoms with Crippen molar-refractivity contribution in [3.63, 3.8) is 0 Å². The summed E-state index contributed by atoms with van der Waals surface area (Å²) in [5.41, 5.74) is 1.59. The number of aliphatic hydroxyl groups is 1. The van der Waals surface area contributed by atoms with Crippen molar-refractivity contribution in [1.29, 1.82) is 0 Å². The maximum atomic E-state index is 10.1. The Morgan fingerprint density at radius 1 is 1.35 bits per heavy atom. The predicted octanol–water partition coefficient (Wildman–Crippen LogP) is 2.08. The van der Waals surface area contributed by atoms with Gasteiger partial charge in [-0.05, 0) is 36.9 Å². The maximum absolute atomic E-state index is 10.1. The zero-order valence-electron chi connectivity index (χ0n) is 11.9. The van der Waals surface area contributed by atoms with Crippen molar-refractivity contribution in [2.45, 2.75) is 19.1 Å². The summed E-state index contributed by atoms with van der Waals surface area (Å²) < 4.78 is 1.83. The summed E-state index contributed by atoms with van der Waals surface area (Å²) in [6.45, 7) is 3.20. The number of nitrogens with one attached hydrogen (secondary N) is 1. The van der Waals surface area contributed by atoms with Crippen molar-refractivity contribution in [1.82, 2.24) is 15.1 Å². The van der Waals surface area contributed by atoms with Crippen molar-refractivity contribution in [3.05, 3.63) is 48.3 Å². The normalized spacial score (nSPS) is 14.2. The fraction of sp³-hybridized carbons (Fsp3) is 0.400. The third-order valence-corrected chi connectivity index (χ3v) is 3.91. The number of hydrogen-bond acceptors (Lipinski definition) is 4. The van der Waals surface area contributed by atoms with Crippen molar-refractivity contribution in [2.24, 2.45) is 0 Å². The quantitative estimate of drug-likeness (QED) is 0.820. The standard InChI is InChI=1S/C15H21N3OS/c1-15(19,12-20-2)11-16-10-13-4-6-14(7-5-13)18-9-3-8-17-18/h3-9,16,19H,10-12H2,1-2H3. The van der Waals surface area contributed by atoms with Gasteiger partial charge < -0.3 is 10.4 Å². The third-order valence-electron chi connectivity index (χ3n) is 3.00. The van der Waals surface area contributed by atoms with E-state index in [1.54, 1.807) is 18.0 Å². The number of hydrogen-bond donors (Lipinski definition) is 2. The SMILES string of the molecule is CSCC(C)(O)CNCc1ccc(-n2cccn2)cc1. The molecule has 2 rings (SSSR count). The van der Waals surface area contributed by atoms with Gasteiger partial charge in [-0.25, -0.2) is 4.68 Å². The van der Waals surface area contributed by atoms with E-state index in [0.29, 0.717) is 6.54 Å². The van der Waals surface area contributed by atoms with E-state index in [0.717, 1.165) is 18.0 Å². The Kier molecular flexibility index (Phi) is 5.23. The Hall–Kier alpha value is -1.30. The molecule has 0 aliphatic rings. The summed E-state index contributed by atoms with van der Waals surface area (Å²) in [7, 11) is 0. The van der Waals surface area contributed by atoms with Crippen LogP contribution in [0.4, 0.5) is 0 Å². The fourth-order valence-corrected chi connectivity index (χ4v) is 2.75. The number of rotatable bonds is 7. The van der Waals surface area contributed by atoms with Crippen LogP contribution < -0.4 is 5.32 Å². The van der Waals surface area contributed by atoms with Gasteiger partial charge in [-0.15, -0.1) is 0 Å². The molecule has 1 heterocycles. The summed E-state index contributed by atoms with van der Waals surface area (Å²) in [6, 6.07) is 10.2. The zero-order chi connectivity index (χ0) is 14.4. The molecular weight excluding hydrogens is 270 g/mol. The summed E-state index contributed by atoms with van der Waals surface area (Å²) in [5.74, 6) is 0.734. The monoisotopic (exact) mass is 291 g/mol. The van der Waals surface area contributed by atoms with Crippen LogP contribution in [0.1, 0.15) is 12.5 Å². The molecule has 0 aliphatic heterocycles. The number of nitrogens with zero attached hydrogens (tertiary/aromatic N) is 2. The Bertz CT molecular complexity index is 508. The minimum atomic E-state index is -0.658. The molecule has 1 aromatic carbocycles. The largest absolute Gasteiger partial charge is 0.388 e. The Balaban J connectivity index is 1.85. The molecule has 2 aromatic rings. The van der Waals surface area contributed by atoms with Crippen LogP contribution in [0.3, 0.4) is 0 Å². The zero-order valence-corrected chi connectivity index (χ0v) is 12.7. The van der Waals surface area contributed by atoms with E-state index in [9.17, 15) is 5.11 Å². The lowest BCUT2D eigenvalue weighted by Gasteiger charge is -2.22. The highest BCUT2D eigenvalue weighted by molar-refractivity contribution is 7.98. The molecule has 1 unspecified atom stereocenters. The molecule has 0 amide bonds. The Morgan fingerprint density at radius 2 is 2.10 bits per heavy atom. The molecule has 2 N–H and O–H groups in total. The lowest BCUT2D eigenvalue weighted by Crippen LogP contribution is -2.39. The molecular formula is C15H21N3OS. The molecule has 1 aromatic heterocycles. The van der Waals surface area contributed by atoms with Gasteiger partial charge in [-0.1, -0.05) is 12.1 Å². The highest BCUT2D eigenvalue weighted by Crippen LogP contribution is 2.11. The molecule has 0 spiro atoms. The molecule has 108 valence electrons. The van der Waals surface area contributed by atoms with E-state index in [2.05, 4.69) is 22.5 Å². The first-order valence-electron chi connectivity index (χ1n) is 6.62. The van der Waals surface area contributed by atoms with Crippen molar-refractivity contribution < 1.29 is 5.11 Å². The number of thioether (sulfide) groups is 1. The molecule has 0 aliphatic carbocycles. The highest BCUT2D eigenvalue weighted by atomic mass is 32.2. The van der Waals surface area contributed by atoms with Crippen molar-refractivity contribution >= 4 is 11.8 Å². The first kappa shape index (κ1) is 15.1. The summed E-state index contributed by atoms with van der Waals surface area (Å²) in [4.78, 5) is 0. The van der Waals surface area contributed by atoms with Gasteiger partial charge in [0, 0.05) is 31.2 Å². The second kappa shape index (κ2) is 6.92. The predicted molar refractivity (Wildman–Crippen MR) is 84.3 cm³/mol. The van der Waals surface area contributed by atoms with Crippen LogP contribution >= 0.6 is 11.8 Å². The lowest BCUT2D eigenvalue weighted by molar-refractivity contribution is 0.0846. The highest BCUT2D eigenvalue weighted by Gasteiger charge is 2.18. The van der Waals surface area contributed by atoms with Gasteiger partial charge in [0.25, 0.3) is 0 Å². The molecule has 0 radical (unpaired) electrons. The van der Waals surface area contributed by atoms with Gasteiger partial charge in [0.05, 0.1) is 11.3 Å². The van der Waals surface area contributed by atoms with Crippen LogP contribution in [0.15, 0.2) is 42.7 Å². The van der Waals surface area contributed by atoms with Crippen LogP contribution in [-0.4, -0.2) is 39.0 Å². The van der Waals surface area contributed by atoms with Crippen molar-refractivity contribution in [3.8, 4) is 5.69 Å². The van der Waals surface area contributed by atoms with Gasteiger partial charge in [0.2, 0.25) is 0 Å². The molecule has 4 nitrogen and oxygen atoms in total. The van der Waals surface area contributed by atoms with E-state index in [1.807, 2.05) is 42.3 Å². The van der Waals surface area contributed by atoms with Crippen LogP contribution in [0, 0.1) is 0 Å². The van der Waals surface area contributed by atoms with E-state index in [-0.39, 0.29) is 0 Å². The first-order valence-corrected chi connectivity index (χ1v) is 8.01. The Morgan fingerprint density at radius 3 is 2.70 bits per heavy atom. The van der Waals surface area contributed by atoms with Crippen LogP contribution in [0.2, 0.25) is 0 Å². The van der Waals surface area contributed by atoms with E-state index in [1.165, 1.54) is 5.56 Å². The molecule has 0 bridgehead atoms. The lowest BCUT2D eigenvalue weighted by atomic mass is 10.1. The molecule has 0 saturated heterocycles. The number of aromatic nitrogens is 2. The van der Waals surface area contributed by atoms with Crippen LogP contribution in [0.25, 0.3) is 5.69 Å². The number of benzene rings is 1. The van der Waals surface area contributed by atoms with Crippen molar-refractivity contribution in [2.75, 3.05) is 18.6 Å². The van der Waals surface area contributed by atoms with Gasteiger partial charge in [0.15, 0.2) is 0 Å². The third kappa shape index (κ3) is 4.37. The van der Waals surface area contributed by atoms with Crippen LogP contribution in [-0.2, 0) is 6.54 Å². The smallest absolute Gasteiger partial charge is 0.0833 e. The minimum absolute atomic E-state index is 0.592. The second-order valence-electron chi connectivity index (χ2n) is 5.15. The molecule has 0 saturated carbocycles. The van der Waals surface area contributed by atoms with Crippen LogP contribution in [0.5, 0.6) is 0 Å². The average Bonchev–Trinajstić information content (AvgIpc) is 2.93. The average molecular weight is 291 g/mol. The molecule has 1 atom stereocenters.